The second-order valence-electron chi connectivity index (χ2n) is 7.25. The molecule has 3 aliphatic rings. The van der Waals surface area contributed by atoms with Crippen LogP contribution in [0, 0.1) is 6.92 Å². The van der Waals surface area contributed by atoms with Gasteiger partial charge < -0.3 is 4.57 Å². The zero-order valence-corrected chi connectivity index (χ0v) is 12.8. The van der Waals surface area contributed by atoms with Gasteiger partial charge in [0.25, 0.3) is 0 Å². The summed E-state index contributed by atoms with van der Waals surface area (Å²) in [6.07, 6.45) is 8.20. The fourth-order valence-electron chi connectivity index (χ4n) is 4.73. The van der Waals surface area contributed by atoms with Gasteiger partial charge in [-0.25, -0.2) is 4.98 Å². The third-order valence-corrected chi connectivity index (χ3v) is 5.97. The summed E-state index contributed by atoms with van der Waals surface area (Å²) < 4.78 is 2.52. The van der Waals surface area contributed by atoms with E-state index in [0.717, 1.165) is 31.1 Å². The summed E-state index contributed by atoms with van der Waals surface area (Å²) in [5.74, 6) is 1.33. The fraction of sp³-hybridized carbons (Fsp3) is 0.611. The highest BCUT2D eigenvalue weighted by Crippen LogP contribution is 2.39. The molecule has 2 aromatic rings. The molecule has 1 aliphatic carbocycles. The van der Waals surface area contributed by atoms with E-state index in [1.807, 2.05) is 0 Å². The maximum absolute atomic E-state index is 4.97. The van der Waals surface area contributed by atoms with Crippen LogP contribution in [0.15, 0.2) is 18.2 Å². The number of hydrogen-bond donors (Lipinski definition) is 0. The molecular formula is C18H23N3. The Morgan fingerprint density at radius 2 is 1.90 bits per heavy atom. The number of imidazole rings is 1. The molecule has 0 N–H and O–H groups in total. The molecule has 0 spiro atoms. The van der Waals surface area contributed by atoms with Crippen molar-refractivity contribution in [1.29, 1.82) is 0 Å². The molecule has 0 amide bonds. The number of aromatic nitrogens is 2. The van der Waals surface area contributed by atoms with Gasteiger partial charge in [0.05, 0.1) is 11.0 Å². The normalized spacial score (nSPS) is 29.4. The number of fused-ring (bicyclic) bond motifs is 5. The van der Waals surface area contributed by atoms with E-state index < -0.39 is 0 Å². The third-order valence-electron chi connectivity index (χ3n) is 5.97. The van der Waals surface area contributed by atoms with E-state index in [4.69, 9.17) is 4.98 Å². The van der Waals surface area contributed by atoms with E-state index >= 15 is 0 Å². The van der Waals surface area contributed by atoms with Crippen LogP contribution in [0.2, 0.25) is 0 Å². The lowest BCUT2D eigenvalue weighted by Gasteiger charge is -2.41. The van der Waals surface area contributed by atoms with Gasteiger partial charge in [-0.05, 0) is 50.3 Å². The lowest BCUT2D eigenvalue weighted by Crippen LogP contribution is -2.48. The summed E-state index contributed by atoms with van der Waals surface area (Å²) in [6, 6.07) is 9.11. The predicted molar refractivity (Wildman–Crippen MR) is 84.5 cm³/mol. The van der Waals surface area contributed by atoms with Gasteiger partial charge in [0.15, 0.2) is 0 Å². The highest BCUT2D eigenvalue weighted by atomic mass is 15.3. The van der Waals surface area contributed by atoms with Crippen LogP contribution in [0.5, 0.6) is 0 Å². The molecule has 110 valence electrons. The van der Waals surface area contributed by atoms with Gasteiger partial charge in [0, 0.05) is 31.1 Å². The monoisotopic (exact) mass is 281 g/mol. The molecule has 3 heterocycles. The minimum Gasteiger partial charge on any atom is -0.326 e. The van der Waals surface area contributed by atoms with Gasteiger partial charge in [-0.1, -0.05) is 12.5 Å². The largest absolute Gasteiger partial charge is 0.326 e. The van der Waals surface area contributed by atoms with E-state index in [1.54, 1.807) is 0 Å². The van der Waals surface area contributed by atoms with Crippen molar-refractivity contribution in [3.8, 4) is 0 Å². The Hall–Kier alpha value is -1.35. The summed E-state index contributed by atoms with van der Waals surface area (Å²) in [6.45, 7) is 3.31. The number of hydrogen-bond acceptors (Lipinski definition) is 2. The van der Waals surface area contributed by atoms with Crippen LogP contribution in [0.4, 0.5) is 0 Å². The van der Waals surface area contributed by atoms with Crippen molar-refractivity contribution in [3.05, 3.63) is 29.6 Å². The van der Waals surface area contributed by atoms with E-state index in [2.05, 4.69) is 34.6 Å². The maximum Gasteiger partial charge on any atom is 0.111 e. The van der Waals surface area contributed by atoms with Gasteiger partial charge in [0.1, 0.15) is 5.82 Å². The van der Waals surface area contributed by atoms with Gasteiger partial charge in [-0.2, -0.15) is 0 Å². The number of benzene rings is 1. The van der Waals surface area contributed by atoms with Crippen molar-refractivity contribution >= 4 is 11.0 Å². The molecule has 2 fully saturated rings. The summed E-state index contributed by atoms with van der Waals surface area (Å²) in [5, 5.41) is 0. The van der Waals surface area contributed by atoms with Gasteiger partial charge in [-0.3, -0.25) is 4.90 Å². The first-order valence-corrected chi connectivity index (χ1v) is 8.53. The van der Waals surface area contributed by atoms with Crippen molar-refractivity contribution in [3.63, 3.8) is 0 Å². The van der Waals surface area contributed by atoms with Crippen LogP contribution in [0.1, 0.15) is 43.5 Å². The van der Waals surface area contributed by atoms with Crippen LogP contribution in [0.25, 0.3) is 11.0 Å². The average molecular weight is 281 g/mol. The molecule has 21 heavy (non-hydrogen) atoms. The molecule has 2 unspecified atom stereocenters. The van der Waals surface area contributed by atoms with Gasteiger partial charge in [-0.15, -0.1) is 0 Å². The number of rotatable bonds is 1. The minimum absolute atomic E-state index is 0.749. The number of aryl methyl sites for hydroxylation is 1. The summed E-state index contributed by atoms with van der Waals surface area (Å²) >= 11 is 0. The minimum atomic E-state index is 0.749. The van der Waals surface area contributed by atoms with E-state index in [0.29, 0.717) is 0 Å². The number of nitrogens with zero attached hydrogens (tertiary/aromatic N) is 3. The molecule has 1 saturated heterocycles. The fourth-order valence-corrected chi connectivity index (χ4v) is 4.73. The van der Waals surface area contributed by atoms with E-state index in [1.165, 1.54) is 54.5 Å². The highest BCUT2D eigenvalue weighted by Gasteiger charge is 2.42. The quantitative estimate of drug-likeness (QED) is 0.800. The van der Waals surface area contributed by atoms with E-state index in [9.17, 15) is 0 Å². The molecule has 5 rings (SSSR count). The van der Waals surface area contributed by atoms with Crippen LogP contribution >= 0.6 is 0 Å². The lowest BCUT2D eigenvalue weighted by atomic mass is 9.90. The van der Waals surface area contributed by atoms with Crippen molar-refractivity contribution in [2.45, 2.75) is 70.1 Å². The smallest absolute Gasteiger partial charge is 0.111 e. The first kappa shape index (κ1) is 12.2. The average Bonchev–Trinajstić information content (AvgIpc) is 2.86. The molecule has 0 radical (unpaired) electrons. The summed E-state index contributed by atoms with van der Waals surface area (Å²) in [4.78, 5) is 7.84. The van der Waals surface area contributed by atoms with Crippen molar-refractivity contribution in [1.82, 2.24) is 14.5 Å². The van der Waals surface area contributed by atoms with E-state index in [-0.39, 0.29) is 0 Å². The molecule has 1 aromatic carbocycles. The molecule has 1 aromatic heterocycles. The first-order valence-electron chi connectivity index (χ1n) is 8.53. The second-order valence-corrected chi connectivity index (χ2v) is 7.25. The van der Waals surface area contributed by atoms with Crippen LogP contribution in [0.3, 0.4) is 0 Å². The van der Waals surface area contributed by atoms with Gasteiger partial charge in [0.2, 0.25) is 0 Å². The third kappa shape index (κ3) is 1.73. The Balaban J connectivity index is 1.58. The van der Waals surface area contributed by atoms with Gasteiger partial charge >= 0.3 is 0 Å². The lowest BCUT2D eigenvalue weighted by molar-refractivity contribution is 0.0739. The van der Waals surface area contributed by atoms with Crippen LogP contribution in [-0.4, -0.2) is 32.6 Å². The van der Waals surface area contributed by atoms with Crippen molar-refractivity contribution in [2.24, 2.45) is 0 Å². The Morgan fingerprint density at radius 1 is 1.05 bits per heavy atom. The Kier molecular flexibility index (Phi) is 2.52. The molecule has 2 atom stereocenters. The molecule has 2 aliphatic heterocycles. The Labute approximate surface area is 126 Å². The maximum atomic E-state index is 4.97. The predicted octanol–water partition coefficient (Wildman–Crippen LogP) is 3.29. The standard InChI is InChI=1S/C18H23N3/c1-12-5-8-17-16(9-12)19-18-10-14-6-7-15(11-20(17)18)21(14)13-3-2-4-13/h5,8-9,13-15H,2-4,6-7,10-11H2,1H3. The first-order chi connectivity index (χ1) is 10.3. The van der Waals surface area contributed by atoms with Crippen molar-refractivity contribution in [2.75, 3.05) is 0 Å². The molecule has 3 heteroatoms. The molecule has 2 bridgehead atoms. The highest BCUT2D eigenvalue weighted by molar-refractivity contribution is 5.77. The Morgan fingerprint density at radius 3 is 2.71 bits per heavy atom. The second kappa shape index (κ2) is 4.33. The molecule has 3 nitrogen and oxygen atoms in total. The van der Waals surface area contributed by atoms with Crippen molar-refractivity contribution < 1.29 is 0 Å². The molecule has 1 saturated carbocycles. The van der Waals surface area contributed by atoms with Crippen LogP contribution in [-0.2, 0) is 13.0 Å². The zero-order valence-electron chi connectivity index (χ0n) is 12.8. The topological polar surface area (TPSA) is 21.1 Å². The van der Waals surface area contributed by atoms with Crippen LogP contribution < -0.4 is 0 Å². The molecular weight excluding hydrogens is 258 g/mol. The summed E-state index contributed by atoms with van der Waals surface area (Å²) in [7, 11) is 0. The zero-order chi connectivity index (χ0) is 14.0. The SMILES string of the molecule is Cc1ccc2c(c1)nc1n2CC2CCC(C1)N2C1CCC1. The Bertz CT molecular complexity index is 698. The summed E-state index contributed by atoms with van der Waals surface area (Å²) in [5.41, 5.74) is 3.85.